The van der Waals surface area contributed by atoms with Gasteiger partial charge in [0, 0.05) is 34.9 Å². The number of halogens is 1. The van der Waals surface area contributed by atoms with Crippen molar-refractivity contribution < 1.29 is 23.8 Å². The third-order valence-corrected chi connectivity index (χ3v) is 6.01. The van der Waals surface area contributed by atoms with Crippen molar-refractivity contribution in [2.45, 2.75) is 13.0 Å². The number of benzene rings is 3. The van der Waals surface area contributed by atoms with Crippen LogP contribution >= 0.6 is 11.6 Å². The van der Waals surface area contributed by atoms with Crippen LogP contribution in [0.5, 0.6) is 17.2 Å². The van der Waals surface area contributed by atoms with Gasteiger partial charge in [-0.15, -0.1) is 0 Å². The monoisotopic (exact) mass is 480 g/mol. The van der Waals surface area contributed by atoms with Crippen molar-refractivity contribution in [3.63, 3.8) is 0 Å². The summed E-state index contributed by atoms with van der Waals surface area (Å²) in [7, 11) is 4.51. The van der Waals surface area contributed by atoms with Crippen LogP contribution in [0.4, 0.5) is 5.69 Å². The van der Waals surface area contributed by atoms with Gasteiger partial charge in [0.1, 0.15) is 0 Å². The lowest BCUT2D eigenvalue weighted by Gasteiger charge is -2.18. The van der Waals surface area contributed by atoms with Crippen LogP contribution in [-0.2, 0) is 13.0 Å². The fourth-order valence-electron chi connectivity index (χ4n) is 3.99. The Labute approximate surface area is 203 Å². The molecule has 3 aromatic rings. The van der Waals surface area contributed by atoms with Gasteiger partial charge in [-0.25, -0.2) is 0 Å². The molecule has 1 N–H and O–H groups in total. The van der Waals surface area contributed by atoms with E-state index < -0.39 is 0 Å². The number of anilines is 1. The van der Waals surface area contributed by atoms with Gasteiger partial charge in [0.2, 0.25) is 5.75 Å². The van der Waals surface area contributed by atoms with Crippen molar-refractivity contribution in [3.8, 4) is 17.2 Å². The van der Waals surface area contributed by atoms with E-state index in [2.05, 4.69) is 5.32 Å². The average Bonchev–Trinajstić information content (AvgIpc) is 3.29. The third kappa shape index (κ3) is 4.65. The zero-order valence-electron chi connectivity index (χ0n) is 19.2. The summed E-state index contributed by atoms with van der Waals surface area (Å²) >= 11 is 5.95. The Morgan fingerprint density at radius 1 is 0.912 bits per heavy atom. The van der Waals surface area contributed by atoms with E-state index in [0.29, 0.717) is 46.5 Å². The Balaban J connectivity index is 1.50. The first-order valence-electron chi connectivity index (χ1n) is 10.7. The van der Waals surface area contributed by atoms with Crippen molar-refractivity contribution in [1.82, 2.24) is 5.32 Å². The number of hydrogen-bond acceptors (Lipinski definition) is 5. The van der Waals surface area contributed by atoms with Crippen LogP contribution in [0, 0.1) is 0 Å². The van der Waals surface area contributed by atoms with Crippen LogP contribution < -0.4 is 24.4 Å². The number of amides is 2. The minimum absolute atomic E-state index is 0.0750. The molecule has 7 nitrogen and oxygen atoms in total. The second-order valence-corrected chi connectivity index (χ2v) is 8.21. The standard InChI is InChI=1S/C26H25ClN2O5/c1-32-22-13-19(14-23(33-2)24(22)34-3)25(30)28-15-16-4-5-17-10-11-29(21(17)12-16)26(31)18-6-8-20(27)9-7-18/h4-9,12-14H,10-11,15H2,1-3H3,(H,28,30). The number of ether oxygens (including phenoxy) is 3. The predicted octanol–water partition coefficient (Wildman–Crippen LogP) is 4.50. The second kappa shape index (κ2) is 10.1. The molecule has 3 aromatic carbocycles. The van der Waals surface area contributed by atoms with Crippen LogP contribution in [0.25, 0.3) is 0 Å². The Kier molecular flexibility index (Phi) is 6.93. The molecule has 2 amide bonds. The van der Waals surface area contributed by atoms with Gasteiger partial charge in [-0.05, 0) is 60.0 Å². The molecule has 34 heavy (non-hydrogen) atoms. The quantitative estimate of drug-likeness (QED) is 0.539. The molecule has 0 bridgehead atoms. The molecule has 1 heterocycles. The van der Waals surface area contributed by atoms with Crippen LogP contribution in [-0.4, -0.2) is 39.7 Å². The lowest BCUT2D eigenvalue weighted by atomic mass is 10.1. The van der Waals surface area contributed by atoms with Crippen LogP contribution in [0.3, 0.4) is 0 Å². The number of hydrogen-bond donors (Lipinski definition) is 1. The number of nitrogens with zero attached hydrogens (tertiary/aromatic N) is 1. The van der Waals surface area contributed by atoms with Gasteiger partial charge in [-0.2, -0.15) is 0 Å². The van der Waals surface area contributed by atoms with E-state index in [1.165, 1.54) is 21.3 Å². The largest absolute Gasteiger partial charge is 0.493 e. The molecule has 0 fully saturated rings. The molecule has 1 aliphatic heterocycles. The first-order valence-corrected chi connectivity index (χ1v) is 11.1. The van der Waals surface area contributed by atoms with E-state index in [0.717, 1.165) is 23.2 Å². The third-order valence-electron chi connectivity index (χ3n) is 5.76. The summed E-state index contributed by atoms with van der Waals surface area (Å²) in [5.41, 5.74) is 3.81. The Morgan fingerprint density at radius 2 is 1.59 bits per heavy atom. The van der Waals surface area contributed by atoms with E-state index in [9.17, 15) is 9.59 Å². The van der Waals surface area contributed by atoms with Crippen molar-refractivity contribution >= 4 is 29.1 Å². The van der Waals surface area contributed by atoms with E-state index >= 15 is 0 Å². The molecule has 0 aliphatic carbocycles. The highest BCUT2D eigenvalue weighted by atomic mass is 35.5. The minimum Gasteiger partial charge on any atom is -0.493 e. The van der Waals surface area contributed by atoms with Gasteiger partial charge >= 0.3 is 0 Å². The number of fused-ring (bicyclic) bond motifs is 1. The summed E-state index contributed by atoms with van der Waals surface area (Å²) in [5, 5.41) is 3.51. The highest BCUT2D eigenvalue weighted by Crippen LogP contribution is 2.38. The Morgan fingerprint density at radius 3 is 2.21 bits per heavy atom. The minimum atomic E-state index is -0.283. The number of methoxy groups -OCH3 is 3. The van der Waals surface area contributed by atoms with E-state index in [1.54, 1.807) is 41.3 Å². The fraction of sp³-hybridized carbons (Fsp3) is 0.231. The summed E-state index contributed by atoms with van der Waals surface area (Å²) in [4.78, 5) is 27.6. The number of nitrogens with one attached hydrogen (secondary N) is 1. The number of carbonyl (C=O) groups excluding carboxylic acids is 2. The average molecular weight is 481 g/mol. The zero-order valence-corrected chi connectivity index (χ0v) is 19.9. The van der Waals surface area contributed by atoms with Crippen molar-refractivity contribution in [2.24, 2.45) is 0 Å². The first-order chi connectivity index (χ1) is 16.4. The zero-order chi connectivity index (χ0) is 24.2. The van der Waals surface area contributed by atoms with Gasteiger partial charge in [0.25, 0.3) is 11.8 Å². The molecule has 4 rings (SSSR count). The molecule has 176 valence electrons. The maximum absolute atomic E-state index is 13.0. The molecule has 8 heteroatoms. The topological polar surface area (TPSA) is 77.1 Å². The van der Waals surface area contributed by atoms with Crippen molar-refractivity contribution in [2.75, 3.05) is 32.8 Å². The van der Waals surface area contributed by atoms with Crippen LogP contribution in [0.2, 0.25) is 5.02 Å². The maximum atomic E-state index is 13.0. The van der Waals surface area contributed by atoms with Gasteiger partial charge < -0.3 is 24.4 Å². The lowest BCUT2D eigenvalue weighted by Crippen LogP contribution is -2.29. The summed E-state index contributed by atoms with van der Waals surface area (Å²) in [6.07, 6.45) is 0.784. The highest BCUT2D eigenvalue weighted by molar-refractivity contribution is 6.30. The van der Waals surface area contributed by atoms with Crippen molar-refractivity contribution in [3.05, 3.63) is 81.9 Å². The van der Waals surface area contributed by atoms with E-state index in [-0.39, 0.29) is 11.8 Å². The molecule has 0 aromatic heterocycles. The summed E-state index contributed by atoms with van der Waals surface area (Å²) < 4.78 is 16.0. The SMILES string of the molecule is COc1cc(C(=O)NCc2ccc3c(c2)N(C(=O)c2ccc(Cl)cc2)CC3)cc(OC)c1OC. The van der Waals surface area contributed by atoms with Gasteiger partial charge in [-0.3, -0.25) is 9.59 Å². The van der Waals surface area contributed by atoms with Gasteiger partial charge in [0.05, 0.1) is 21.3 Å². The Bertz CT molecular complexity index is 1200. The van der Waals surface area contributed by atoms with E-state index in [1.807, 2.05) is 18.2 Å². The molecule has 0 unspecified atom stereocenters. The molecule has 0 saturated heterocycles. The molecule has 0 radical (unpaired) electrons. The molecule has 1 aliphatic rings. The number of rotatable bonds is 7. The normalized spacial score (nSPS) is 12.2. The summed E-state index contributed by atoms with van der Waals surface area (Å²) in [6.45, 7) is 0.907. The van der Waals surface area contributed by atoms with Crippen LogP contribution in [0.15, 0.2) is 54.6 Å². The summed E-state index contributed by atoms with van der Waals surface area (Å²) in [5.74, 6) is 0.871. The van der Waals surface area contributed by atoms with E-state index in [4.69, 9.17) is 25.8 Å². The molecule has 0 spiro atoms. The fourth-order valence-corrected chi connectivity index (χ4v) is 4.12. The first kappa shape index (κ1) is 23.4. The number of carbonyl (C=O) groups is 2. The second-order valence-electron chi connectivity index (χ2n) is 7.77. The lowest BCUT2D eigenvalue weighted by molar-refractivity contribution is 0.0948. The Hall–Kier alpha value is -3.71. The maximum Gasteiger partial charge on any atom is 0.258 e. The van der Waals surface area contributed by atoms with Crippen LogP contribution in [0.1, 0.15) is 31.8 Å². The smallest absolute Gasteiger partial charge is 0.258 e. The molecule has 0 saturated carbocycles. The van der Waals surface area contributed by atoms with Gasteiger partial charge in [0.15, 0.2) is 11.5 Å². The molecule has 0 atom stereocenters. The molecular weight excluding hydrogens is 456 g/mol. The predicted molar refractivity (Wildman–Crippen MR) is 131 cm³/mol. The highest BCUT2D eigenvalue weighted by Gasteiger charge is 2.26. The van der Waals surface area contributed by atoms with Crippen molar-refractivity contribution in [1.29, 1.82) is 0 Å². The molecular formula is C26H25ClN2O5. The van der Waals surface area contributed by atoms with Gasteiger partial charge in [-0.1, -0.05) is 23.7 Å². The summed E-state index contributed by atoms with van der Waals surface area (Å²) in [6, 6.07) is 16.0.